The molecule has 8 aromatic rings. The van der Waals surface area contributed by atoms with Crippen molar-refractivity contribution in [2.45, 2.75) is 188 Å². The molecule has 700 valence electrons. The van der Waals surface area contributed by atoms with Gasteiger partial charge in [0.1, 0.15) is 64.4 Å². The zero-order valence-electron chi connectivity index (χ0n) is 74.9. The Labute approximate surface area is 777 Å². The van der Waals surface area contributed by atoms with E-state index in [4.69, 9.17) is 49.2 Å². The Kier molecular flexibility index (Phi) is 30.6. The van der Waals surface area contributed by atoms with Crippen LogP contribution in [0.1, 0.15) is 130 Å². The predicted octanol–water partition coefficient (Wildman–Crippen LogP) is 11.8. The lowest BCUT2D eigenvalue weighted by Gasteiger charge is -2.36. The lowest BCUT2D eigenvalue weighted by Crippen LogP contribution is -2.60. The van der Waals surface area contributed by atoms with Crippen molar-refractivity contribution in [1.82, 2.24) is 45.2 Å². The van der Waals surface area contributed by atoms with E-state index in [1.165, 1.54) is 22.0 Å². The topological polar surface area (TPSA) is 399 Å². The fraction of sp³-hybridized carbons (Fsp3) is 0.449. The third kappa shape index (κ3) is 22.2. The van der Waals surface area contributed by atoms with Crippen LogP contribution in [0.3, 0.4) is 0 Å². The molecule has 10 atom stereocenters. The summed E-state index contributed by atoms with van der Waals surface area (Å²) in [4.78, 5) is 123. The number of carbonyl (C=O) groups excluding carboxylic acids is 7. The molecule has 4 saturated carbocycles. The van der Waals surface area contributed by atoms with E-state index in [0.29, 0.717) is 134 Å². The van der Waals surface area contributed by atoms with Crippen molar-refractivity contribution in [2.24, 2.45) is 40.2 Å². The molecule has 6 aromatic carbocycles. The van der Waals surface area contributed by atoms with Gasteiger partial charge in [-0.05, 0) is 123 Å². The van der Waals surface area contributed by atoms with E-state index in [-0.39, 0.29) is 94.2 Å². The number of sulfonamides is 2. The summed E-state index contributed by atoms with van der Waals surface area (Å²) in [5.74, 6) is -4.15. The standard InChI is InChI=1S/C49H57N5O9S.C43H49N5O7S.C6H10O3.2ClH/c1-6-34-29-49(34,46(58)53-64(59,60)48(21-22-48)28-31-13-9-7-10-14-31)52-44(56)40-26-36(30-54(40)45(57)42(47(2,3)4)51-43(55)33-19-23-62-24-20-33)63-41-27-38(32-15-11-8-12-16-32)50-39-25-35(61-5)17-18-37(39)41;1-6-29-25-43(29,40(51)47-56(52,53)42(19-20-42)24-27-13-9-7-10-14-27)46-38(49)35-22-31(26-48(35)39(50)37(44)41(2,3)4)55-36-23-33(28-15-11-8-12-16-28)45-34-21-30(54-5)17-18-32(34)36;7-6(8)5-1-3-9-4-2-5;;/h6-18,25,27,33-34,36,40,42H,1,19-24,26,28-30H2,2-5H3,(H,51,55)(H,52,56)(H,53,58);6-18,21,23,29,31,35,37H,1,19-20,22,24-26,44H2,2-5H3,(H,46,49)(H,47,51);5H,1-4H2,(H,7,8);2*1H/t34-,36-,40+,42-,49-;29-,31-,35+,37-,43-;;;/m11.../s1. The molecular weight excluding hydrogens is 1760 g/mol. The van der Waals surface area contributed by atoms with Crippen molar-refractivity contribution in [3.05, 3.63) is 206 Å². The number of carbonyl (C=O) groups is 8. The van der Waals surface area contributed by atoms with Crippen LogP contribution in [0.15, 0.2) is 195 Å². The number of halogens is 2. The van der Waals surface area contributed by atoms with Crippen LogP contribution in [-0.4, -0.2) is 200 Å². The monoisotopic (exact) mass is 1870 g/mol. The van der Waals surface area contributed by atoms with Crippen molar-refractivity contribution in [3.8, 4) is 45.5 Å². The summed E-state index contributed by atoms with van der Waals surface area (Å²) in [6.45, 7) is 20.9. The molecule has 4 aliphatic carbocycles. The molecule has 8 aliphatic rings. The van der Waals surface area contributed by atoms with Crippen LogP contribution in [0.25, 0.3) is 44.3 Å². The number of aromatic nitrogens is 2. The highest BCUT2D eigenvalue weighted by Crippen LogP contribution is 2.51. The Morgan fingerprint density at radius 2 is 0.901 bits per heavy atom. The molecule has 4 saturated heterocycles. The fourth-order valence-electron chi connectivity index (χ4n) is 17.6. The second-order valence-corrected chi connectivity index (χ2v) is 41.5. The number of amides is 7. The van der Waals surface area contributed by atoms with Gasteiger partial charge in [-0.1, -0.05) is 175 Å². The molecular formula is C98H118Cl2N10O19S2. The molecule has 0 unspecified atom stereocenters. The van der Waals surface area contributed by atoms with Crippen LogP contribution < -0.4 is 50.1 Å². The number of carboxylic acids is 1. The van der Waals surface area contributed by atoms with E-state index >= 15 is 0 Å². The summed E-state index contributed by atoms with van der Waals surface area (Å²) in [5, 5.41) is 18.7. The third-order valence-corrected chi connectivity index (χ3v) is 30.5. The normalized spacial score (nSPS) is 22.8. The summed E-state index contributed by atoms with van der Waals surface area (Å²) in [7, 11) is -5.13. The van der Waals surface area contributed by atoms with Gasteiger partial charge in [0.2, 0.25) is 49.6 Å². The van der Waals surface area contributed by atoms with Gasteiger partial charge in [0.15, 0.2) is 0 Å². The van der Waals surface area contributed by atoms with Gasteiger partial charge in [-0.2, -0.15) is 0 Å². The highest BCUT2D eigenvalue weighted by atomic mass is 35.5. The van der Waals surface area contributed by atoms with Gasteiger partial charge >= 0.3 is 5.97 Å². The SMILES string of the molecule is C=C[C@@H]1C[C@]1(NC(=O)[C@@H]1C[C@@H](Oc2cc(-c3ccccc3)nc3cc(OC)ccc23)CN1C(=O)[C@@H](N)C(C)(C)C)C(=O)NS(=O)(=O)C1(Cc2ccccc2)CC1.C=C[C@@H]1C[C@]1(NC(=O)[C@@H]1C[C@@H](Oc2cc(-c3ccccc3)nc3cc(OC)ccc23)CN1C(=O)[C@@H](NC(=O)C1CCOCC1)C(C)(C)C)C(=O)NS(=O)(=O)C1(Cc2ccccc2)CC1.Cl.Cl.O=C(O)C1CCOCC1. The number of likely N-dealkylation sites (tertiary alicyclic amines) is 2. The van der Waals surface area contributed by atoms with Gasteiger partial charge in [-0.15, -0.1) is 38.0 Å². The molecule has 0 bridgehead atoms. The first-order valence-electron chi connectivity index (χ1n) is 44.0. The van der Waals surface area contributed by atoms with Crippen LogP contribution >= 0.6 is 24.8 Å². The smallest absolute Gasteiger partial charge is 0.306 e. The quantitative estimate of drug-likeness (QED) is 0.0214. The van der Waals surface area contributed by atoms with E-state index < -0.39 is 141 Å². The van der Waals surface area contributed by atoms with Crippen molar-refractivity contribution in [1.29, 1.82) is 0 Å². The van der Waals surface area contributed by atoms with Crippen LogP contribution in [0.4, 0.5) is 0 Å². The summed E-state index contributed by atoms with van der Waals surface area (Å²) in [5.41, 5.74) is 7.90. The molecule has 6 heterocycles. The maximum Gasteiger partial charge on any atom is 0.306 e. The zero-order chi connectivity index (χ0) is 92.2. The zero-order valence-corrected chi connectivity index (χ0v) is 78.2. The van der Waals surface area contributed by atoms with Crippen molar-refractivity contribution < 1.29 is 88.7 Å². The first-order valence-corrected chi connectivity index (χ1v) is 47.0. The predicted molar refractivity (Wildman–Crippen MR) is 501 cm³/mol. The number of pyridine rings is 2. The molecule has 29 nitrogen and oxygen atoms in total. The molecule has 4 aliphatic heterocycles. The van der Waals surface area contributed by atoms with Crippen LogP contribution in [0.2, 0.25) is 0 Å². The minimum Gasteiger partial charge on any atom is -0.497 e. The third-order valence-electron chi connectivity index (χ3n) is 26.2. The largest absolute Gasteiger partial charge is 0.497 e. The number of nitrogens with zero attached hydrogens (tertiary/aromatic N) is 4. The van der Waals surface area contributed by atoms with Crippen LogP contribution in [0.5, 0.6) is 23.0 Å². The molecule has 0 spiro atoms. The number of ether oxygens (including phenoxy) is 6. The molecule has 0 radical (unpaired) electrons. The molecule has 33 heteroatoms. The van der Waals surface area contributed by atoms with Gasteiger partial charge in [0.05, 0.1) is 71.2 Å². The maximum atomic E-state index is 15.0. The van der Waals surface area contributed by atoms with E-state index in [2.05, 4.69) is 38.6 Å². The van der Waals surface area contributed by atoms with Crippen molar-refractivity contribution in [3.63, 3.8) is 0 Å². The van der Waals surface area contributed by atoms with E-state index in [1.54, 1.807) is 20.3 Å². The number of hydrogen-bond acceptors (Lipinski definition) is 21. The second-order valence-electron chi connectivity index (χ2n) is 37.3. The Morgan fingerprint density at radius 3 is 1.24 bits per heavy atom. The molecule has 8 fully saturated rings. The average molecular weight is 1880 g/mol. The number of nitrogens with one attached hydrogen (secondary N) is 5. The molecule has 131 heavy (non-hydrogen) atoms. The number of rotatable bonds is 29. The fourth-order valence-corrected chi connectivity index (χ4v) is 20.8. The lowest BCUT2D eigenvalue weighted by atomic mass is 9.84. The first kappa shape index (κ1) is 99.0. The molecule has 8 N–H and O–H groups in total. The number of carboxylic acid groups (broad SMARTS) is 1. The first-order chi connectivity index (χ1) is 61.5. The lowest BCUT2D eigenvalue weighted by molar-refractivity contribution is -0.145. The summed E-state index contributed by atoms with van der Waals surface area (Å²) >= 11 is 0. The Balaban J connectivity index is 0.000000214. The second kappa shape index (κ2) is 40.6. The number of nitrogens with two attached hydrogens (primary N) is 1. The van der Waals surface area contributed by atoms with E-state index in [9.17, 15) is 55.2 Å². The minimum absolute atomic E-state index is 0. The minimum atomic E-state index is -4.17. The number of methoxy groups -OCH3 is 2. The van der Waals surface area contributed by atoms with Gasteiger partial charge < -0.3 is 65.0 Å². The summed E-state index contributed by atoms with van der Waals surface area (Å²) < 4.78 is 92.7. The Hall–Kier alpha value is -11.1. The van der Waals surface area contributed by atoms with Gasteiger partial charge in [0, 0.05) is 103 Å². The molecule has 2 aromatic heterocycles. The number of benzene rings is 6. The maximum absolute atomic E-state index is 15.0. The van der Waals surface area contributed by atoms with Gasteiger partial charge in [-0.25, -0.2) is 26.8 Å². The van der Waals surface area contributed by atoms with Crippen molar-refractivity contribution in [2.75, 3.05) is 53.7 Å². The van der Waals surface area contributed by atoms with Crippen LogP contribution in [-0.2, 0) is 80.7 Å². The number of aliphatic carboxylic acids is 1. The van der Waals surface area contributed by atoms with Crippen LogP contribution in [0, 0.1) is 34.5 Å². The number of fused-ring (bicyclic) bond motifs is 2. The average Bonchev–Trinajstić information content (AvgIpc) is 1.56. The highest BCUT2D eigenvalue weighted by Gasteiger charge is 2.66. The van der Waals surface area contributed by atoms with Gasteiger partial charge in [0.25, 0.3) is 11.8 Å². The number of hydrogen-bond donors (Lipinski definition) is 7. The Morgan fingerprint density at radius 1 is 0.527 bits per heavy atom. The summed E-state index contributed by atoms with van der Waals surface area (Å²) in [6.07, 6.45) is 6.61. The summed E-state index contributed by atoms with van der Waals surface area (Å²) in [6, 6.07) is 48.2. The highest BCUT2D eigenvalue weighted by molar-refractivity contribution is 7.92. The Bertz CT molecular complexity index is 5780. The van der Waals surface area contributed by atoms with E-state index in [1.807, 2.05) is 205 Å². The van der Waals surface area contributed by atoms with E-state index in [0.717, 1.165) is 22.3 Å². The molecule has 16 rings (SSSR count). The van der Waals surface area contributed by atoms with Gasteiger partial charge in [-0.3, -0.25) is 47.8 Å². The van der Waals surface area contributed by atoms with Crippen molar-refractivity contribution >= 4 is 114 Å². The molecule has 7 amide bonds.